The van der Waals surface area contributed by atoms with Crippen molar-refractivity contribution in [3.8, 4) is 0 Å². The molecule has 1 rings (SSSR count). The molecule has 16 heavy (non-hydrogen) atoms. The monoisotopic (exact) mass is 258 g/mol. The van der Waals surface area contributed by atoms with Crippen molar-refractivity contribution in [2.45, 2.75) is 19.4 Å². The number of benzene rings is 1. The highest BCUT2D eigenvalue weighted by Gasteiger charge is 2.15. The molecular weight excluding hydrogens is 240 g/mol. The van der Waals surface area contributed by atoms with Crippen molar-refractivity contribution in [2.75, 3.05) is 29.7 Å². The normalized spacial score (nSPS) is 12.5. The Bertz CT molecular complexity index is 344. The minimum Gasteiger partial charge on any atom is -0.396 e. The molecule has 2 nitrogen and oxygen atoms in total. The van der Waals surface area contributed by atoms with E-state index in [9.17, 15) is 0 Å². The van der Waals surface area contributed by atoms with Gasteiger partial charge in [0.15, 0.2) is 0 Å². The number of nitrogens with zero attached hydrogens (tertiary/aromatic N) is 1. The van der Waals surface area contributed by atoms with Gasteiger partial charge in [0.05, 0.1) is 16.4 Å². The van der Waals surface area contributed by atoms with E-state index in [1.54, 1.807) is 0 Å². The molecule has 0 heterocycles. The minimum atomic E-state index is 0.496. The van der Waals surface area contributed by atoms with Crippen LogP contribution in [0, 0.1) is 0 Å². The number of thioether (sulfide) groups is 1. The first kappa shape index (κ1) is 13.5. The second kappa shape index (κ2) is 6.26. The number of para-hydroxylation sites is 1. The fourth-order valence-electron chi connectivity index (χ4n) is 1.73. The third-order valence-electron chi connectivity index (χ3n) is 2.79. The SMILES string of the molecule is CCC(CSC)N(C)c1cccc(Cl)c1N. The molecule has 1 atom stereocenters. The van der Waals surface area contributed by atoms with Crippen LogP contribution in [-0.4, -0.2) is 25.1 Å². The van der Waals surface area contributed by atoms with E-state index in [1.807, 2.05) is 30.0 Å². The van der Waals surface area contributed by atoms with Gasteiger partial charge in [-0.2, -0.15) is 11.8 Å². The summed E-state index contributed by atoms with van der Waals surface area (Å²) in [5, 5.41) is 0.628. The van der Waals surface area contributed by atoms with E-state index < -0.39 is 0 Å². The Morgan fingerprint density at radius 3 is 2.75 bits per heavy atom. The molecule has 4 heteroatoms. The van der Waals surface area contributed by atoms with Gasteiger partial charge in [0.25, 0.3) is 0 Å². The van der Waals surface area contributed by atoms with Gasteiger partial charge in [-0.1, -0.05) is 24.6 Å². The highest BCUT2D eigenvalue weighted by Crippen LogP contribution is 2.31. The summed E-state index contributed by atoms with van der Waals surface area (Å²) in [6, 6.07) is 6.28. The van der Waals surface area contributed by atoms with Crippen LogP contribution in [0.2, 0.25) is 5.02 Å². The topological polar surface area (TPSA) is 29.3 Å². The van der Waals surface area contributed by atoms with Crippen molar-refractivity contribution in [2.24, 2.45) is 0 Å². The average Bonchev–Trinajstić information content (AvgIpc) is 2.29. The van der Waals surface area contributed by atoms with Crippen LogP contribution in [-0.2, 0) is 0 Å². The molecule has 0 saturated heterocycles. The van der Waals surface area contributed by atoms with E-state index in [0.29, 0.717) is 16.8 Å². The fraction of sp³-hybridized carbons (Fsp3) is 0.500. The number of anilines is 2. The molecule has 0 saturated carbocycles. The number of halogens is 1. The first-order chi connectivity index (χ1) is 7.61. The molecule has 1 aromatic carbocycles. The number of hydrogen-bond acceptors (Lipinski definition) is 3. The molecule has 0 aliphatic heterocycles. The van der Waals surface area contributed by atoms with Gasteiger partial charge in [-0.05, 0) is 24.8 Å². The molecular formula is C12H19ClN2S. The maximum Gasteiger partial charge on any atom is 0.0741 e. The molecule has 0 bridgehead atoms. The summed E-state index contributed by atoms with van der Waals surface area (Å²) in [5.74, 6) is 1.10. The first-order valence-electron chi connectivity index (χ1n) is 5.37. The van der Waals surface area contributed by atoms with Gasteiger partial charge in [-0.15, -0.1) is 0 Å². The van der Waals surface area contributed by atoms with Crippen LogP contribution < -0.4 is 10.6 Å². The maximum absolute atomic E-state index is 6.03. The van der Waals surface area contributed by atoms with E-state index in [1.165, 1.54) is 0 Å². The second-order valence-corrected chi connectivity index (χ2v) is 5.12. The minimum absolute atomic E-state index is 0.496. The van der Waals surface area contributed by atoms with Crippen LogP contribution in [0.3, 0.4) is 0 Å². The molecule has 1 aromatic rings. The van der Waals surface area contributed by atoms with Gasteiger partial charge in [0, 0.05) is 18.8 Å². The standard InChI is InChI=1S/C12H19ClN2S/c1-4-9(8-16-3)15(2)11-7-5-6-10(13)12(11)14/h5-7,9H,4,8,14H2,1-3H3. The van der Waals surface area contributed by atoms with E-state index >= 15 is 0 Å². The van der Waals surface area contributed by atoms with Crippen molar-refractivity contribution in [1.82, 2.24) is 0 Å². The smallest absolute Gasteiger partial charge is 0.0741 e. The van der Waals surface area contributed by atoms with Gasteiger partial charge in [0.1, 0.15) is 0 Å². The summed E-state index contributed by atoms with van der Waals surface area (Å²) in [4.78, 5) is 2.22. The quantitative estimate of drug-likeness (QED) is 0.820. The third-order valence-corrected chi connectivity index (χ3v) is 3.84. The Morgan fingerprint density at radius 2 is 2.19 bits per heavy atom. The highest BCUT2D eigenvalue weighted by atomic mass is 35.5. The summed E-state index contributed by atoms with van der Waals surface area (Å²) in [6.45, 7) is 2.19. The van der Waals surface area contributed by atoms with Crippen LogP contribution in [0.5, 0.6) is 0 Å². The predicted molar refractivity (Wildman–Crippen MR) is 76.7 cm³/mol. The van der Waals surface area contributed by atoms with Gasteiger partial charge in [-0.25, -0.2) is 0 Å². The Labute approximate surface area is 107 Å². The Morgan fingerprint density at radius 1 is 1.50 bits per heavy atom. The summed E-state index contributed by atoms with van der Waals surface area (Å²) in [5.41, 5.74) is 7.69. The van der Waals surface area contributed by atoms with Crippen molar-refractivity contribution < 1.29 is 0 Å². The Balaban J connectivity index is 2.94. The van der Waals surface area contributed by atoms with Crippen molar-refractivity contribution in [3.05, 3.63) is 23.2 Å². The molecule has 0 aliphatic rings. The van der Waals surface area contributed by atoms with Crippen molar-refractivity contribution >= 4 is 34.7 Å². The number of nitrogens with two attached hydrogens (primary N) is 1. The van der Waals surface area contributed by atoms with Crippen molar-refractivity contribution in [3.63, 3.8) is 0 Å². The van der Waals surface area contributed by atoms with Crippen LogP contribution >= 0.6 is 23.4 Å². The Hall–Kier alpha value is -0.540. The van der Waals surface area contributed by atoms with Crippen LogP contribution in [0.4, 0.5) is 11.4 Å². The van der Waals surface area contributed by atoms with Gasteiger partial charge < -0.3 is 10.6 Å². The molecule has 0 aromatic heterocycles. The maximum atomic E-state index is 6.03. The summed E-state index contributed by atoms with van der Waals surface area (Å²) in [7, 11) is 2.08. The number of nitrogen functional groups attached to an aromatic ring is 1. The van der Waals surface area contributed by atoms with E-state index in [-0.39, 0.29) is 0 Å². The van der Waals surface area contributed by atoms with Gasteiger partial charge >= 0.3 is 0 Å². The lowest BCUT2D eigenvalue weighted by Gasteiger charge is -2.30. The molecule has 2 N–H and O–H groups in total. The molecule has 0 radical (unpaired) electrons. The van der Waals surface area contributed by atoms with Crippen LogP contribution in [0.15, 0.2) is 18.2 Å². The number of hydrogen-bond donors (Lipinski definition) is 1. The number of rotatable bonds is 5. The summed E-state index contributed by atoms with van der Waals surface area (Å²) < 4.78 is 0. The lowest BCUT2D eigenvalue weighted by molar-refractivity contribution is 0.674. The van der Waals surface area contributed by atoms with E-state index in [4.69, 9.17) is 17.3 Å². The largest absolute Gasteiger partial charge is 0.396 e. The summed E-state index contributed by atoms with van der Waals surface area (Å²) >= 11 is 7.88. The fourth-order valence-corrected chi connectivity index (χ4v) is 2.74. The third kappa shape index (κ3) is 2.98. The van der Waals surface area contributed by atoms with E-state index in [0.717, 1.165) is 17.9 Å². The second-order valence-electron chi connectivity index (χ2n) is 3.80. The zero-order valence-electron chi connectivity index (χ0n) is 10.0. The lowest BCUT2D eigenvalue weighted by Crippen LogP contribution is -2.33. The zero-order valence-corrected chi connectivity index (χ0v) is 11.6. The lowest BCUT2D eigenvalue weighted by atomic mass is 10.2. The summed E-state index contributed by atoms with van der Waals surface area (Å²) in [6.07, 6.45) is 3.22. The zero-order chi connectivity index (χ0) is 12.1. The molecule has 0 amide bonds. The van der Waals surface area contributed by atoms with Crippen LogP contribution in [0.1, 0.15) is 13.3 Å². The van der Waals surface area contributed by atoms with Gasteiger partial charge in [-0.3, -0.25) is 0 Å². The molecule has 0 spiro atoms. The predicted octanol–water partition coefficient (Wildman–Crippen LogP) is 3.50. The average molecular weight is 259 g/mol. The molecule has 1 unspecified atom stereocenters. The van der Waals surface area contributed by atoms with E-state index in [2.05, 4.69) is 25.1 Å². The molecule has 0 fully saturated rings. The molecule has 0 aliphatic carbocycles. The van der Waals surface area contributed by atoms with Crippen LogP contribution in [0.25, 0.3) is 0 Å². The van der Waals surface area contributed by atoms with Crippen molar-refractivity contribution in [1.29, 1.82) is 0 Å². The van der Waals surface area contributed by atoms with Gasteiger partial charge in [0.2, 0.25) is 0 Å². The highest BCUT2D eigenvalue weighted by molar-refractivity contribution is 7.98. The Kier molecular flexibility index (Phi) is 5.29. The first-order valence-corrected chi connectivity index (χ1v) is 7.14. The molecule has 90 valence electrons.